The zero-order valence-electron chi connectivity index (χ0n) is 9.10. The predicted molar refractivity (Wildman–Crippen MR) is 56.5 cm³/mol. The highest BCUT2D eigenvalue weighted by Gasteiger charge is 2.13. The van der Waals surface area contributed by atoms with Crippen molar-refractivity contribution in [2.75, 3.05) is 0 Å². The lowest BCUT2D eigenvalue weighted by Crippen LogP contribution is -2.00. The third kappa shape index (κ3) is 1.98. The van der Waals surface area contributed by atoms with Crippen LogP contribution >= 0.6 is 0 Å². The number of nitrogens with zero attached hydrogens (tertiary/aromatic N) is 2. The second kappa shape index (κ2) is 3.84. The molecule has 0 radical (unpaired) electrons. The van der Waals surface area contributed by atoms with Crippen molar-refractivity contribution in [3.8, 4) is 0 Å². The molecule has 0 aliphatic heterocycles. The van der Waals surface area contributed by atoms with Gasteiger partial charge in [-0.3, -0.25) is 4.68 Å². The van der Waals surface area contributed by atoms with Gasteiger partial charge in [0.1, 0.15) is 5.76 Å². The van der Waals surface area contributed by atoms with Gasteiger partial charge in [-0.15, -0.1) is 0 Å². The van der Waals surface area contributed by atoms with Gasteiger partial charge in [0.2, 0.25) is 5.76 Å². The molecule has 0 saturated heterocycles. The molecule has 0 fully saturated rings. The number of aryl methyl sites for hydroxylation is 2. The lowest BCUT2D eigenvalue weighted by atomic mass is 10.2. The molecule has 0 aliphatic carbocycles. The van der Waals surface area contributed by atoms with E-state index < -0.39 is 5.97 Å². The van der Waals surface area contributed by atoms with Crippen molar-refractivity contribution >= 4 is 5.97 Å². The first-order chi connectivity index (χ1) is 7.56. The van der Waals surface area contributed by atoms with Gasteiger partial charge in [-0.25, -0.2) is 4.79 Å². The van der Waals surface area contributed by atoms with Crippen LogP contribution in [0.5, 0.6) is 0 Å². The molecular weight excluding hydrogens is 208 g/mol. The van der Waals surface area contributed by atoms with Crippen molar-refractivity contribution in [2.24, 2.45) is 0 Å². The summed E-state index contributed by atoms with van der Waals surface area (Å²) in [6.45, 7) is 4.18. The van der Waals surface area contributed by atoms with Gasteiger partial charge in [0.25, 0.3) is 0 Å². The lowest BCUT2D eigenvalue weighted by Gasteiger charge is -1.98. The predicted octanol–water partition coefficient (Wildman–Crippen LogP) is 1.84. The van der Waals surface area contributed by atoms with Gasteiger partial charge >= 0.3 is 5.97 Å². The third-order valence-electron chi connectivity index (χ3n) is 2.34. The Kier molecular flexibility index (Phi) is 2.52. The maximum Gasteiger partial charge on any atom is 0.371 e. The Labute approximate surface area is 92.3 Å². The summed E-state index contributed by atoms with van der Waals surface area (Å²) in [4.78, 5) is 10.7. The van der Waals surface area contributed by atoms with E-state index in [-0.39, 0.29) is 5.76 Å². The molecule has 16 heavy (non-hydrogen) atoms. The van der Waals surface area contributed by atoms with E-state index in [1.54, 1.807) is 11.6 Å². The van der Waals surface area contributed by atoms with E-state index >= 15 is 0 Å². The van der Waals surface area contributed by atoms with Crippen molar-refractivity contribution in [1.82, 2.24) is 9.78 Å². The first-order valence-corrected chi connectivity index (χ1v) is 4.89. The summed E-state index contributed by atoms with van der Waals surface area (Å²) in [6, 6.07) is 3.43. The monoisotopic (exact) mass is 220 g/mol. The molecule has 0 aromatic carbocycles. The van der Waals surface area contributed by atoms with Crippen LogP contribution in [0.25, 0.3) is 0 Å². The number of carboxylic acid groups (broad SMARTS) is 1. The van der Waals surface area contributed by atoms with Crippen molar-refractivity contribution in [3.05, 3.63) is 41.1 Å². The van der Waals surface area contributed by atoms with Crippen molar-refractivity contribution < 1.29 is 14.3 Å². The molecule has 0 bridgehead atoms. The fourth-order valence-corrected chi connectivity index (χ4v) is 1.51. The lowest BCUT2D eigenvalue weighted by molar-refractivity contribution is 0.0661. The highest BCUT2D eigenvalue weighted by atomic mass is 16.4. The molecule has 0 spiro atoms. The molecule has 0 saturated carbocycles. The number of hydrogen-bond donors (Lipinski definition) is 1. The average molecular weight is 220 g/mol. The molecule has 5 nitrogen and oxygen atoms in total. The Balaban J connectivity index is 2.24. The Morgan fingerprint density at radius 1 is 1.56 bits per heavy atom. The molecule has 84 valence electrons. The molecule has 1 N–H and O–H groups in total. The summed E-state index contributed by atoms with van der Waals surface area (Å²) >= 11 is 0. The molecule has 0 aliphatic rings. The normalized spacial score (nSPS) is 10.6. The second-order valence-electron chi connectivity index (χ2n) is 3.65. The van der Waals surface area contributed by atoms with Gasteiger partial charge in [0.15, 0.2) is 0 Å². The van der Waals surface area contributed by atoms with E-state index in [9.17, 15) is 4.79 Å². The minimum Gasteiger partial charge on any atom is -0.475 e. The number of carbonyl (C=O) groups is 1. The molecule has 2 rings (SSSR count). The van der Waals surface area contributed by atoms with Gasteiger partial charge in [-0.2, -0.15) is 5.10 Å². The Hall–Kier alpha value is -2.04. The van der Waals surface area contributed by atoms with Crippen LogP contribution in [0, 0.1) is 13.8 Å². The van der Waals surface area contributed by atoms with Gasteiger partial charge in [0.05, 0.1) is 12.2 Å². The smallest absolute Gasteiger partial charge is 0.371 e. The molecular formula is C11H12N2O3. The van der Waals surface area contributed by atoms with Gasteiger partial charge in [-0.05, 0) is 26.0 Å². The molecule has 2 aromatic heterocycles. The van der Waals surface area contributed by atoms with Gasteiger partial charge < -0.3 is 9.52 Å². The van der Waals surface area contributed by atoms with Crippen LogP contribution in [0.2, 0.25) is 0 Å². The van der Waals surface area contributed by atoms with Crippen LogP contribution in [0.3, 0.4) is 0 Å². The number of aromatic carboxylic acids is 1. The number of aromatic nitrogens is 2. The van der Waals surface area contributed by atoms with Crippen LogP contribution in [0.15, 0.2) is 22.7 Å². The zero-order chi connectivity index (χ0) is 11.7. The summed E-state index contributed by atoms with van der Waals surface area (Å²) in [6.07, 6.45) is 1.85. The third-order valence-corrected chi connectivity index (χ3v) is 2.34. The van der Waals surface area contributed by atoms with Crippen LogP contribution in [0.1, 0.15) is 27.6 Å². The maximum absolute atomic E-state index is 10.7. The minimum absolute atomic E-state index is 0.0311. The highest BCUT2D eigenvalue weighted by molar-refractivity contribution is 5.84. The summed E-state index contributed by atoms with van der Waals surface area (Å²) in [5.41, 5.74) is 1.76. The van der Waals surface area contributed by atoms with Crippen LogP contribution < -0.4 is 0 Å². The zero-order valence-corrected chi connectivity index (χ0v) is 9.10. The van der Waals surface area contributed by atoms with Crippen molar-refractivity contribution in [2.45, 2.75) is 20.4 Å². The highest BCUT2D eigenvalue weighted by Crippen LogP contribution is 2.15. The van der Waals surface area contributed by atoms with Crippen molar-refractivity contribution in [3.63, 3.8) is 0 Å². The molecule has 5 heteroatoms. The van der Waals surface area contributed by atoms with E-state index in [0.717, 1.165) is 11.3 Å². The Morgan fingerprint density at radius 2 is 2.31 bits per heavy atom. The fourth-order valence-electron chi connectivity index (χ4n) is 1.51. The Morgan fingerprint density at radius 3 is 2.81 bits per heavy atom. The first kappa shape index (κ1) is 10.5. The number of carboxylic acids is 1. The van der Waals surface area contributed by atoms with Gasteiger partial charge in [-0.1, -0.05) is 0 Å². The number of rotatable bonds is 3. The molecule has 2 aromatic rings. The molecule has 0 atom stereocenters. The summed E-state index contributed by atoms with van der Waals surface area (Å²) in [7, 11) is 0. The number of hydrogen-bond acceptors (Lipinski definition) is 3. The van der Waals surface area contributed by atoms with Crippen LogP contribution in [-0.4, -0.2) is 20.9 Å². The molecule has 2 heterocycles. The first-order valence-electron chi connectivity index (χ1n) is 4.89. The minimum atomic E-state index is -1.05. The maximum atomic E-state index is 10.7. The van der Waals surface area contributed by atoms with E-state index in [1.165, 1.54) is 6.07 Å². The second-order valence-corrected chi connectivity index (χ2v) is 3.65. The topological polar surface area (TPSA) is 68.3 Å². The largest absolute Gasteiger partial charge is 0.475 e. The van der Waals surface area contributed by atoms with E-state index in [0.29, 0.717) is 12.3 Å². The average Bonchev–Trinajstić information content (AvgIpc) is 2.75. The quantitative estimate of drug-likeness (QED) is 0.856. The van der Waals surface area contributed by atoms with Crippen LogP contribution in [0.4, 0.5) is 0 Å². The standard InChI is InChI=1S/C11H12N2O3/c1-7-3-4-13(12-7)6-9-5-10(11(14)15)16-8(9)2/h3-5H,6H2,1-2H3,(H,14,15). The molecule has 0 unspecified atom stereocenters. The fraction of sp³-hybridized carbons (Fsp3) is 0.273. The van der Waals surface area contributed by atoms with E-state index in [1.807, 2.05) is 19.2 Å². The SMILES string of the molecule is Cc1ccn(Cc2cc(C(=O)O)oc2C)n1. The summed E-state index contributed by atoms with van der Waals surface area (Å²) < 4.78 is 6.86. The summed E-state index contributed by atoms with van der Waals surface area (Å²) in [5.74, 6) is -0.465. The van der Waals surface area contributed by atoms with E-state index in [4.69, 9.17) is 9.52 Å². The Bertz CT molecular complexity index is 525. The van der Waals surface area contributed by atoms with Crippen molar-refractivity contribution in [1.29, 1.82) is 0 Å². The number of furan rings is 1. The summed E-state index contributed by atoms with van der Waals surface area (Å²) in [5, 5.41) is 13.0. The van der Waals surface area contributed by atoms with Gasteiger partial charge in [0, 0.05) is 11.8 Å². The van der Waals surface area contributed by atoms with E-state index in [2.05, 4.69) is 5.10 Å². The molecule has 0 amide bonds. The van der Waals surface area contributed by atoms with Crippen LogP contribution in [-0.2, 0) is 6.54 Å².